The Bertz CT molecular complexity index is 382. The normalized spacial score (nSPS) is 11.0. The minimum Gasteiger partial charge on any atom is -0.492 e. The molecule has 0 aliphatic carbocycles. The highest BCUT2D eigenvalue weighted by Crippen LogP contribution is 2.34. The summed E-state index contributed by atoms with van der Waals surface area (Å²) >= 11 is 0. The van der Waals surface area contributed by atoms with Gasteiger partial charge in [0.05, 0.1) is 13.0 Å². The largest absolute Gasteiger partial charge is 0.492 e. The Morgan fingerprint density at radius 1 is 1.17 bits per heavy atom. The molecule has 1 rings (SSSR count). The minimum atomic E-state index is -0.830. The highest BCUT2D eigenvalue weighted by atomic mass is 16.5. The van der Waals surface area contributed by atoms with Crippen molar-refractivity contribution in [3.63, 3.8) is 0 Å². The van der Waals surface area contributed by atoms with Gasteiger partial charge in [-0.15, -0.1) is 0 Å². The van der Waals surface area contributed by atoms with Crippen molar-refractivity contribution in [1.29, 1.82) is 0 Å². The van der Waals surface area contributed by atoms with Gasteiger partial charge in [-0.25, -0.2) is 0 Å². The number of hydrogen-bond acceptors (Lipinski definition) is 2. The van der Waals surface area contributed by atoms with Gasteiger partial charge in [0, 0.05) is 0 Å². The number of carboxylic acids is 1. The van der Waals surface area contributed by atoms with E-state index in [1.165, 1.54) is 0 Å². The molecule has 0 saturated carbocycles. The number of para-hydroxylation sites is 1. The molecule has 3 nitrogen and oxygen atoms in total. The van der Waals surface area contributed by atoms with Crippen molar-refractivity contribution in [2.24, 2.45) is 0 Å². The Morgan fingerprint density at radius 3 is 2.06 bits per heavy atom. The van der Waals surface area contributed by atoms with Crippen molar-refractivity contribution in [2.45, 2.75) is 46.0 Å². The van der Waals surface area contributed by atoms with Crippen LogP contribution in [0.25, 0.3) is 0 Å². The highest BCUT2D eigenvalue weighted by Gasteiger charge is 2.15. The lowest BCUT2D eigenvalue weighted by molar-refractivity contribution is -0.137. The minimum absolute atomic E-state index is 0.0317. The van der Waals surface area contributed by atoms with Crippen LogP contribution in [0.2, 0.25) is 0 Å². The van der Waals surface area contributed by atoms with Crippen molar-refractivity contribution >= 4 is 5.97 Å². The Kier molecular flexibility index (Phi) is 5.20. The fourth-order valence-electron chi connectivity index (χ4n) is 1.89. The first-order chi connectivity index (χ1) is 8.43. The van der Waals surface area contributed by atoms with Gasteiger partial charge < -0.3 is 9.84 Å². The van der Waals surface area contributed by atoms with Gasteiger partial charge in [-0.1, -0.05) is 45.9 Å². The number of hydrogen-bond donors (Lipinski definition) is 1. The monoisotopic (exact) mass is 250 g/mol. The van der Waals surface area contributed by atoms with Crippen LogP contribution in [0.5, 0.6) is 5.75 Å². The van der Waals surface area contributed by atoms with E-state index < -0.39 is 5.97 Å². The SMILES string of the molecule is CC(C)c1cccc(C(C)C)c1OCCC(=O)O. The van der Waals surface area contributed by atoms with Crippen LogP contribution in [0.1, 0.15) is 57.1 Å². The van der Waals surface area contributed by atoms with Crippen molar-refractivity contribution in [3.05, 3.63) is 29.3 Å². The first-order valence-electron chi connectivity index (χ1n) is 6.40. The number of ether oxygens (including phenoxy) is 1. The number of carboxylic acid groups (broad SMARTS) is 1. The van der Waals surface area contributed by atoms with Gasteiger partial charge in [0.25, 0.3) is 0 Å². The first kappa shape index (κ1) is 14.6. The Hall–Kier alpha value is -1.51. The molecule has 3 heteroatoms. The molecule has 0 radical (unpaired) electrons. The van der Waals surface area contributed by atoms with E-state index >= 15 is 0 Å². The number of carbonyl (C=O) groups is 1. The van der Waals surface area contributed by atoms with Crippen molar-refractivity contribution in [1.82, 2.24) is 0 Å². The Morgan fingerprint density at radius 2 is 1.67 bits per heavy atom. The predicted molar refractivity (Wildman–Crippen MR) is 72.4 cm³/mol. The zero-order chi connectivity index (χ0) is 13.7. The van der Waals surface area contributed by atoms with Crippen LogP contribution in [-0.2, 0) is 4.79 Å². The zero-order valence-corrected chi connectivity index (χ0v) is 11.6. The second-order valence-electron chi connectivity index (χ2n) is 5.07. The molecule has 0 aromatic heterocycles. The summed E-state index contributed by atoms with van der Waals surface area (Å²) in [6.45, 7) is 8.68. The average Bonchev–Trinajstić information content (AvgIpc) is 2.28. The highest BCUT2D eigenvalue weighted by molar-refractivity contribution is 5.66. The average molecular weight is 250 g/mol. The summed E-state index contributed by atoms with van der Waals surface area (Å²) in [6, 6.07) is 6.13. The molecule has 0 fully saturated rings. The molecule has 0 heterocycles. The van der Waals surface area contributed by atoms with E-state index in [4.69, 9.17) is 9.84 Å². The Balaban J connectivity index is 2.99. The molecule has 0 bridgehead atoms. The second-order valence-corrected chi connectivity index (χ2v) is 5.07. The number of aliphatic carboxylic acids is 1. The van der Waals surface area contributed by atoms with Gasteiger partial charge in [0.15, 0.2) is 0 Å². The number of benzene rings is 1. The van der Waals surface area contributed by atoms with Crippen molar-refractivity contribution in [2.75, 3.05) is 6.61 Å². The molecule has 0 aliphatic rings. The molecule has 0 atom stereocenters. The third kappa shape index (κ3) is 3.76. The molecule has 1 N–H and O–H groups in total. The summed E-state index contributed by atoms with van der Waals surface area (Å²) in [6.07, 6.45) is 0.0317. The molecule has 18 heavy (non-hydrogen) atoms. The fraction of sp³-hybridized carbons (Fsp3) is 0.533. The molecule has 0 aliphatic heterocycles. The molecule has 1 aromatic rings. The van der Waals surface area contributed by atoms with Crippen LogP contribution in [0.15, 0.2) is 18.2 Å². The van der Waals surface area contributed by atoms with E-state index in [9.17, 15) is 4.79 Å². The van der Waals surface area contributed by atoms with E-state index in [0.29, 0.717) is 11.8 Å². The van der Waals surface area contributed by atoms with E-state index in [1.54, 1.807) is 0 Å². The van der Waals surface area contributed by atoms with Crippen LogP contribution >= 0.6 is 0 Å². The van der Waals surface area contributed by atoms with Gasteiger partial charge in [-0.05, 0) is 23.0 Å². The molecule has 0 amide bonds. The Labute approximate surface area is 109 Å². The van der Waals surface area contributed by atoms with Gasteiger partial charge in [0.1, 0.15) is 5.75 Å². The molecular formula is C15H22O3. The maximum Gasteiger partial charge on any atom is 0.306 e. The van der Waals surface area contributed by atoms with Crippen LogP contribution in [-0.4, -0.2) is 17.7 Å². The van der Waals surface area contributed by atoms with E-state index in [0.717, 1.165) is 16.9 Å². The molecule has 100 valence electrons. The number of rotatable bonds is 6. The summed E-state index contributed by atoms with van der Waals surface area (Å²) in [4.78, 5) is 10.5. The lowest BCUT2D eigenvalue weighted by Crippen LogP contribution is -2.09. The van der Waals surface area contributed by atoms with Crippen LogP contribution in [0.3, 0.4) is 0 Å². The zero-order valence-electron chi connectivity index (χ0n) is 11.6. The van der Waals surface area contributed by atoms with Gasteiger partial charge in [-0.2, -0.15) is 0 Å². The van der Waals surface area contributed by atoms with E-state index in [-0.39, 0.29) is 13.0 Å². The maximum absolute atomic E-state index is 10.5. The lowest BCUT2D eigenvalue weighted by atomic mass is 9.94. The predicted octanol–water partition coefficient (Wildman–Crippen LogP) is 3.79. The van der Waals surface area contributed by atoms with Gasteiger partial charge in [0.2, 0.25) is 0 Å². The summed E-state index contributed by atoms with van der Waals surface area (Å²) in [7, 11) is 0. The molecular weight excluding hydrogens is 228 g/mol. The molecule has 0 spiro atoms. The van der Waals surface area contributed by atoms with Crippen LogP contribution in [0, 0.1) is 0 Å². The molecule has 1 aromatic carbocycles. The van der Waals surface area contributed by atoms with Crippen molar-refractivity contribution in [3.8, 4) is 5.75 Å². The summed E-state index contributed by atoms with van der Waals surface area (Å²) in [5.41, 5.74) is 2.29. The van der Waals surface area contributed by atoms with E-state index in [2.05, 4.69) is 27.7 Å². The van der Waals surface area contributed by atoms with Crippen LogP contribution < -0.4 is 4.74 Å². The summed E-state index contributed by atoms with van der Waals surface area (Å²) < 4.78 is 5.72. The third-order valence-electron chi connectivity index (χ3n) is 2.88. The summed E-state index contributed by atoms with van der Waals surface area (Å²) in [5, 5.41) is 8.67. The standard InChI is InChI=1S/C15H22O3/c1-10(2)12-6-5-7-13(11(3)4)15(12)18-9-8-14(16)17/h5-7,10-11H,8-9H2,1-4H3,(H,16,17). The van der Waals surface area contributed by atoms with E-state index in [1.807, 2.05) is 18.2 Å². The van der Waals surface area contributed by atoms with Crippen molar-refractivity contribution < 1.29 is 14.6 Å². The quantitative estimate of drug-likeness (QED) is 0.835. The molecule has 0 saturated heterocycles. The molecule has 0 unspecified atom stereocenters. The maximum atomic E-state index is 10.5. The summed E-state index contributed by atoms with van der Waals surface area (Å²) in [5.74, 6) is 0.763. The first-order valence-corrected chi connectivity index (χ1v) is 6.40. The lowest BCUT2D eigenvalue weighted by Gasteiger charge is -2.19. The second kappa shape index (κ2) is 6.43. The van der Waals surface area contributed by atoms with Gasteiger partial charge >= 0.3 is 5.97 Å². The van der Waals surface area contributed by atoms with Crippen LogP contribution in [0.4, 0.5) is 0 Å². The smallest absolute Gasteiger partial charge is 0.306 e. The topological polar surface area (TPSA) is 46.5 Å². The fourth-order valence-corrected chi connectivity index (χ4v) is 1.89. The third-order valence-corrected chi connectivity index (χ3v) is 2.88. The van der Waals surface area contributed by atoms with Gasteiger partial charge in [-0.3, -0.25) is 4.79 Å².